The van der Waals surface area contributed by atoms with Gasteiger partial charge in [0.05, 0.1) is 5.69 Å². The van der Waals surface area contributed by atoms with Crippen LogP contribution in [-0.4, -0.2) is 17.8 Å². The van der Waals surface area contributed by atoms with Crippen LogP contribution in [0.1, 0.15) is 6.42 Å². The number of amides is 1. The Morgan fingerprint density at radius 1 is 1.50 bits per heavy atom. The van der Waals surface area contributed by atoms with Crippen molar-refractivity contribution in [2.75, 3.05) is 16.8 Å². The maximum absolute atomic E-state index is 12.9. The average molecular weight is 351 g/mol. The number of carbonyl (C=O) groups is 1. The predicted octanol–water partition coefficient (Wildman–Crippen LogP) is 3.34. The number of nitrogens with zero attached hydrogens (tertiary/aromatic N) is 1. The number of alkyl halides is 1. The van der Waals surface area contributed by atoms with Crippen LogP contribution in [0.15, 0.2) is 22.7 Å². The Balaban J connectivity index is 2.28. The summed E-state index contributed by atoms with van der Waals surface area (Å²) in [6, 6.07) is 4.38. The molecule has 16 heavy (non-hydrogen) atoms. The molecule has 2 nitrogen and oxygen atoms in total. The molecule has 1 atom stereocenters. The van der Waals surface area contributed by atoms with Gasteiger partial charge in [-0.3, -0.25) is 4.79 Å². The molecule has 5 heteroatoms. The summed E-state index contributed by atoms with van der Waals surface area (Å²) in [6.45, 7) is 0.689. The fourth-order valence-corrected chi connectivity index (χ4v) is 2.82. The van der Waals surface area contributed by atoms with Crippen molar-refractivity contribution in [2.24, 2.45) is 5.92 Å². The topological polar surface area (TPSA) is 20.3 Å². The molecule has 1 aliphatic heterocycles. The van der Waals surface area contributed by atoms with E-state index in [1.807, 2.05) is 0 Å². The second kappa shape index (κ2) is 4.84. The van der Waals surface area contributed by atoms with E-state index in [9.17, 15) is 9.18 Å². The number of benzene rings is 1. The molecule has 0 bridgehead atoms. The Morgan fingerprint density at radius 3 is 2.81 bits per heavy atom. The van der Waals surface area contributed by atoms with Crippen LogP contribution < -0.4 is 4.90 Å². The van der Waals surface area contributed by atoms with Crippen LogP contribution in [0.4, 0.5) is 10.1 Å². The third-order valence-electron chi connectivity index (χ3n) is 2.62. The Bertz CT molecular complexity index is 424. The summed E-state index contributed by atoms with van der Waals surface area (Å²) in [5, 5.41) is 0.814. The van der Waals surface area contributed by atoms with Crippen LogP contribution in [0.5, 0.6) is 0 Å². The molecule has 0 saturated carbocycles. The van der Waals surface area contributed by atoms with Gasteiger partial charge in [0.1, 0.15) is 5.82 Å². The zero-order chi connectivity index (χ0) is 11.7. The lowest BCUT2D eigenvalue weighted by molar-refractivity contribution is -0.117. The highest BCUT2D eigenvalue weighted by Gasteiger charge is 2.30. The summed E-state index contributed by atoms with van der Waals surface area (Å²) < 4.78 is 13.6. The predicted molar refractivity (Wildman–Crippen MR) is 68.4 cm³/mol. The van der Waals surface area contributed by atoms with Crippen LogP contribution in [0.3, 0.4) is 0 Å². The fraction of sp³-hybridized carbons (Fsp3) is 0.364. The Kier molecular flexibility index (Phi) is 3.64. The van der Waals surface area contributed by atoms with Gasteiger partial charge in [0.15, 0.2) is 0 Å². The Hall–Kier alpha value is -0.420. The van der Waals surface area contributed by atoms with Crippen molar-refractivity contribution in [1.29, 1.82) is 0 Å². The largest absolute Gasteiger partial charge is 0.311 e. The lowest BCUT2D eigenvalue weighted by Gasteiger charge is -2.18. The van der Waals surface area contributed by atoms with Gasteiger partial charge < -0.3 is 4.90 Å². The Morgan fingerprint density at radius 2 is 2.25 bits per heavy atom. The van der Waals surface area contributed by atoms with E-state index in [2.05, 4.69) is 31.9 Å². The van der Waals surface area contributed by atoms with Crippen molar-refractivity contribution in [2.45, 2.75) is 6.42 Å². The first-order valence-electron chi connectivity index (χ1n) is 4.93. The molecule has 0 aromatic heterocycles. The molecule has 1 saturated heterocycles. The SMILES string of the molecule is O=C1CC(CBr)CN1c1ccc(F)cc1Br. The molecule has 0 radical (unpaired) electrons. The third-order valence-corrected chi connectivity index (χ3v) is 4.17. The van der Waals surface area contributed by atoms with E-state index >= 15 is 0 Å². The molecule has 0 N–H and O–H groups in total. The number of halogens is 3. The van der Waals surface area contributed by atoms with Gasteiger partial charge in [0.25, 0.3) is 0 Å². The molecule has 0 spiro atoms. The maximum Gasteiger partial charge on any atom is 0.227 e. The summed E-state index contributed by atoms with van der Waals surface area (Å²) in [7, 11) is 0. The second-order valence-electron chi connectivity index (χ2n) is 3.82. The highest BCUT2D eigenvalue weighted by atomic mass is 79.9. The van der Waals surface area contributed by atoms with Gasteiger partial charge >= 0.3 is 0 Å². The van der Waals surface area contributed by atoms with Gasteiger partial charge in [-0.05, 0) is 40.0 Å². The zero-order valence-corrected chi connectivity index (χ0v) is 11.6. The van der Waals surface area contributed by atoms with E-state index in [0.29, 0.717) is 23.4 Å². The molecular formula is C11H10Br2FNO. The number of rotatable bonds is 2. The minimum absolute atomic E-state index is 0.0942. The standard InChI is InChI=1S/C11H10Br2FNO/c12-5-7-3-11(16)15(6-7)10-2-1-8(14)4-9(10)13/h1-2,4,7H,3,5-6H2. The first-order valence-corrected chi connectivity index (χ1v) is 6.84. The summed E-state index contributed by atoms with van der Waals surface area (Å²) in [6.07, 6.45) is 0.551. The van der Waals surface area contributed by atoms with Gasteiger partial charge in [-0.15, -0.1) is 0 Å². The molecule has 1 aromatic rings. The van der Waals surface area contributed by atoms with Crippen LogP contribution in [-0.2, 0) is 4.79 Å². The van der Waals surface area contributed by atoms with Crippen LogP contribution in [0, 0.1) is 11.7 Å². The molecule has 1 amide bonds. The minimum atomic E-state index is -0.306. The van der Waals surface area contributed by atoms with Gasteiger partial charge in [0, 0.05) is 22.8 Å². The first-order chi connectivity index (χ1) is 7.61. The summed E-state index contributed by atoms with van der Waals surface area (Å²) in [4.78, 5) is 13.5. The molecule has 1 fully saturated rings. The van der Waals surface area contributed by atoms with Crippen molar-refractivity contribution in [3.63, 3.8) is 0 Å². The molecule has 2 rings (SSSR count). The monoisotopic (exact) mass is 349 g/mol. The van der Waals surface area contributed by atoms with Crippen molar-refractivity contribution in [3.8, 4) is 0 Å². The fourth-order valence-electron chi connectivity index (χ4n) is 1.82. The summed E-state index contributed by atoms with van der Waals surface area (Å²) in [5.41, 5.74) is 0.745. The zero-order valence-electron chi connectivity index (χ0n) is 8.42. The van der Waals surface area contributed by atoms with Gasteiger partial charge in [-0.2, -0.15) is 0 Å². The summed E-state index contributed by atoms with van der Waals surface area (Å²) >= 11 is 6.66. The van der Waals surface area contributed by atoms with E-state index in [4.69, 9.17) is 0 Å². The minimum Gasteiger partial charge on any atom is -0.311 e. The molecule has 1 aliphatic rings. The van der Waals surface area contributed by atoms with Crippen LogP contribution in [0.2, 0.25) is 0 Å². The van der Waals surface area contributed by atoms with E-state index in [1.165, 1.54) is 12.1 Å². The highest BCUT2D eigenvalue weighted by molar-refractivity contribution is 9.10. The number of hydrogen-bond acceptors (Lipinski definition) is 1. The number of anilines is 1. The van der Waals surface area contributed by atoms with Crippen molar-refractivity contribution in [1.82, 2.24) is 0 Å². The quantitative estimate of drug-likeness (QED) is 0.749. The lowest BCUT2D eigenvalue weighted by Crippen LogP contribution is -2.25. The molecule has 86 valence electrons. The second-order valence-corrected chi connectivity index (χ2v) is 5.33. The molecule has 1 aromatic carbocycles. The van der Waals surface area contributed by atoms with Crippen molar-refractivity contribution < 1.29 is 9.18 Å². The normalized spacial score (nSPS) is 20.6. The van der Waals surface area contributed by atoms with E-state index in [1.54, 1.807) is 11.0 Å². The van der Waals surface area contributed by atoms with Crippen LogP contribution >= 0.6 is 31.9 Å². The molecule has 1 heterocycles. The van der Waals surface area contributed by atoms with Gasteiger partial charge in [-0.1, -0.05) is 15.9 Å². The third kappa shape index (κ3) is 2.30. The Labute approximate surface area is 110 Å². The average Bonchev–Trinajstić information content (AvgIpc) is 2.60. The van der Waals surface area contributed by atoms with E-state index in [-0.39, 0.29) is 11.7 Å². The molecule has 0 aliphatic carbocycles. The van der Waals surface area contributed by atoms with Gasteiger partial charge in [0.2, 0.25) is 5.91 Å². The smallest absolute Gasteiger partial charge is 0.227 e. The van der Waals surface area contributed by atoms with E-state index < -0.39 is 0 Å². The number of hydrogen-bond donors (Lipinski definition) is 0. The highest BCUT2D eigenvalue weighted by Crippen LogP contribution is 2.32. The number of carbonyl (C=O) groups excluding carboxylic acids is 1. The maximum atomic E-state index is 12.9. The van der Waals surface area contributed by atoms with Crippen molar-refractivity contribution in [3.05, 3.63) is 28.5 Å². The van der Waals surface area contributed by atoms with Crippen molar-refractivity contribution >= 4 is 43.5 Å². The first kappa shape index (κ1) is 12.0. The molecule has 1 unspecified atom stereocenters. The lowest BCUT2D eigenvalue weighted by atomic mass is 10.2. The van der Waals surface area contributed by atoms with E-state index in [0.717, 1.165) is 11.0 Å². The van der Waals surface area contributed by atoms with Gasteiger partial charge in [-0.25, -0.2) is 4.39 Å². The van der Waals surface area contributed by atoms with Crippen LogP contribution in [0.25, 0.3) is 0 Å². The summed E-state index contributed by atoms with van der Waals surface area (Å²) in [5.74, 6) is 0.125. The molecular weight excluding hydrogens is 341 g/mol.